The highest BCUT2D eigenvalue weighted by Crippen LogP contribution is 2.34. The maximum atomic E-state index is 5.92. The molecule has 0 saturated carbocycles. The maximum absolute atomic E-state index is 5.92. The Labute approximate surface area is 97.6 Å². The molecule has 0 amide bonds. The lowest BCUT2D eigenvalue weighted by molar-refractivity contribution is 1.30. The molecule has 1 aromatic carbocycles. The first-order valence-corrected chi connectivity index (χ1v) is 6.71. The predicted molar refractivity (Wildman–Crippen MR) is 64.1 cm³/mol. The molecule has 0 aliphatic heterocycles. The van der Waals surface area contributed by atoms with Gasteiger partial charge in [-0.25, -0.2) is 4.98 Å². The lowest BCUT2D eigenvalue weighted by Gasteiger charge is -1.92. The van der Waals surface area contributed by atoms with Crippen LogP contribution < -0.4 is 0 Å². The molecule has 0 spiro atoms. The third-order valence-electron chi connectivity index (χ3n) is 1.57. The van der Waals surface area contributed by atoms with E-state index in [-0.39, 0.29) is 0 Å². The number of nitrogens with zero attached hydrogens (tertiary/aromatic N) is 1. The molecular formula is C8H5BrClNS2. The van der Waals surface area contributed by atoms with Crippen molar-refractivity contribution in [1.29, 1.82) is 0 Å². The summed E-state index contributed by atoms with van der Waals surface area (Å²) in [6.07, 6.45) is 2.02. The minimum Gasteiger partial charge on any atom is -0.228 e. The molecule has 5 heteroatoms. The van der Waals surface area contributed by atoms with Crippen molar-refractivity contribution >= 4 is 60.8 Å². The standard InChI is InChI=1S/C8H5BrClNS2/c1-12-8-11-7-5(9)2-4(10)3-6(7)13-8/h2-3H,1H3. The van der Waals surface area contributed by atoms with Crippen LogP contribution in [0.2, 0.25) is 5.02 Å². The van der Waals surface area contributed by atoms with Gasteiger partial charge in [-0.05, 0) is 34.3 Å². The number of thioether (sulfide) groups is 1. The average Bonchev–Trinajstić information content (AvgIpc) is 2.47. The SMILES string of the molecule is CSc1nc2c(Br)cc(Cl)cc2s1. The van der Waals surface area contributed by atoms with Gasteiger partial charge in [-0.15, -0.1) is 11.3 Å². The van der Waals surface area contributed by atoms with Crippen LogP contribution >= 0.6 is 50.6 Å². The van der Waals surface area contributed by atoms with Crippen molar-refractivity contribution in [3.8, 4) is 0 Å². The van der Waals surface area contributed by atoms with E-state index in [2.05, 4.69) is 20.9 Å². The topological polar surface area (TPSA) is 12.9 Å². The first-order valence-electron chi connectivity index (χ1n) is 3.50. The van der Waals surface area contributed by atoms with Crippen LogP contribution in [0.4, 0.5) is 0 Å². The number of benzene rings is 1. The molecule has 2 aromatic rings. The van der Waals surface area contributed by atoms with Crippen molar-refractivity contribution < 1.29 is 0 Å². The largest absolute Gasteiger partial charge is 0.228 e. The highest BCUT2D eigenvalue weighted by molar-refractivity contribution is 9.10. The third-order valence-corrected chi connectivity index (χ3v) is 4.38. The van der Waals surface area contributed by atoms with Gasteiger partial charge in [0.05, 0.1) is 10.2 Å². The summed E-state index contributed by atoms with van der Waals surface area (Å²) < 4.78 is 3.16. The zero-order valence-electron chi connectivity index (χ0n) is 6.67. The monoisotopic (exact) mass is 293 g/mol. The summed E-state index contributed by atoms with van der Waals surface area (Å²) in [4.78, 5) is 4.45. The second kappa shape index (κ2) is 3.77. The lowest BCUT2D eigenvalue weighted by Crippen LogP contribution is -1.71. The Hall–Kier alpha value is 0.230. The van der Waals surface area contributed by atoms with Gasteiger partial charge in [0.2, 0.25) is 0 Å². The van der Waals surface area contributed by atoms with Crippen LogP contribution in [-0.4, -0.2) is 11.2 Å². The van der Waals surface area contributed by atoms with Gasteiger partial charge >= 0.3 is 0 Å². The average molecular weight is 295 g/mol. The molecule has 68 valence electrons. The van der Waals surface area contributed by atoms with Crippen molar-refractivity contribution in [2.45, 2.75) is 4.34 Å². The third kappa shape index (κ3) is 1.86. The smallest absolute Gasteiger partial charge is 0.150 e. The second-order valence-corrected chi connectivity index (χ2v) is 5.79. The van der Waals surface area contributed by atoms with Crippen LogP contribution in [0.25, 0.3) is 10.2 Å². The first-order chi connectivity index (χ1) is 6.20. The summed E-state index contributed by atoms with van der Waals surface area (Å²) in [5.41, 5.74) is 0.999. The molecule has 0 fully saturated rings. The van der Waals surface area contributed by atoms with Crippen LogP contribution in [0.5, 0.6) is 0 Å². The van der Waals surface area contributed by atoms with Crippen molar-refractivity contribution in [1.82, 2.24) is 4.98 Å². The predicted octanol–water partition coefficient (Wildman–Crippen LogP) is 4.43. The Morgan fingerprint density at radius 3 is 3.00 bits per heavy atom. The van der Waals surface area contributed by atoms with E-state index >= 15 is 0 Å². The lowest BCUT2D eigenvalue weighted by atomic mass is 10.3. The van der Waals surface area contributed by atoms with E-state index in [1.54, 1.807) is 23.1 Å². The molecule has 1 nitrogen and oxygen atoms in total. The summed E-state index contributed by atoms with van der Waals surface area (Å²) in [5, 5.41) is 0.746. The van der Waals surface area contributed by atoms with Crippen LogP contribution in [-0.2, 0) is 0 Å². The zero-order chi connectivity index (χ0) is 9.42. The van der Waals surface area contributed by atoms with Gasteiger partial charge in [0.25, 0.3) is 0 Å². The fourth-order valence-corrected chi connectivity index (χ4v) is 3.67. The number of rotatable bonds is 1. The number of aromatic nitrogens is 1. The van der Waals surface area contributed by atoms with Gasteiger partial charge in [-0.2, -0.15) is 0 Å². The molecule has 0 aliphatic rings. The molecule has 1 aromatic heterocycles. The Kier molecular flexibility index (Phi) is 2.83. The van der Waals surface area contributed by atoms with E-state index in [9.17, 15) is 0 Å². The van der Waals surface area contributed by atoms with Crippen LogP contribution in [0, 0.1) is 0 Å². The van der Waals surface area contributed by atoms with Gasteiger partial charge < -0.3 is 0 Å². The van der Waals surface area contributed by atoms with Gasteiger partial charge in [-0.3, -0.25) is 0 Å². The van der Waals surface area contributed by atoms with Crippen molar-refractivity contribution in [2.75, 3.05) is 6.26 Å². The highest BCUT2D eigenvalue weighted by Gasteiger charge is 2.07. The van der Waals surface area contributed by atoms with E-state index in [0.29, 0.717) is 0 Å². The quantitative estimate of drug-likeness (QED) is 0.722. The second-order valence-electron chi connectivity index (χ2n) is 2.42. The number of fused-ring (bicyclic) bond motifs is 1. The molecular weight excluding hydrogens is 290 g/mol. The van der Waals surface area contributed by atoms with Crippen molar-refractivity contribution in [3.63, 3.8) is 0 Å². The minimum atomic E-state index is 0.746. The molecule has 0 N–H and O–H groups in total. The summed E-state index contributed by atoms with van der Waals surface area (Å²) in [6, 6.07) is 3.81. The minimum absolute atomic E-state index is 0.746. The van der Waals surface area contributed by atoms with Crippen molar-refractivity contribution in [3.05, 3.63) is 21.6 Å². The number of hydrogen-bond donors (Lipinski definition) is 0. The molecule has 0 saturated heterocycles. The van der Waals surface area contributed by atoms with Crippen LogP contribution in [0.1, 0.15) is 0 Å². The van der Waals surface area contributed by atoms with E-state index in [1.807, 2.05) is 18.4 Å². The Morgan fingerprint density at radius 1 is 1.54 bits per heavy atom. The number of thiazole rings is 1. The molecule has 13 heavy (non-hydrogen) atoms. The summed E-state index contributed by atoms with van der Waals surface area (Å²) >= 11 is 12.7. The highest BCUT2D eigenvalue weighted by atomic mass is 79.9. The fraction of sp³-hybridized carbons (Fsp3) is 0.125. The van der Waals surface area contributed by atoms with Gasteiger partial charge in [0.15, 0.2) is 4.34 Å². The summed E-state index contributed by atoms with van der Waals surface area (Å²) in [7, 11) is 0. The van der Waals surface area contributed by atoms with E-state index in [1.165, 1.54) is 0 Å². The molecule has 2 rings (SSSR count). The van der Waals surface area contributed by atoms with Crippen LogP contribution in [0.15, 0.2) is 20.9 Å². The normalized spacial score (nSPS) is 11.0. The van der Waals surface area contributed by atoms with Gasteiger partial charge in [-0.1, -0.05) is 23.4 Å². The number of hydrogen-bond acceptors (Lipinski definition) is 3. The van der Waals surface area contributed by atoms with E-state index in [0.717, 1.165) is 24.1 Å². The van der Waals surface area contributed by atoms with Crippen LogP contribution in [0.3, 0.4) is 0 Å². The van der Waals surface area contributed by atoms with E-state index in [4.69, 9.17) is 11.6 Å². The molecule has 0 bridgehead atoms. The Balaban J connectivity index is 2.75. The molecule has 0 radical (unpaired) electrons. The maximum Gasteiger partial charge on any atom is 0.150 e. The van der Waals surface area contributed by atoms with Gasteiger partial charge in [0.1, 0.15) is 0 Å². The molecule has 0 unspecified atom stereocenters. The number of halogens is 2. The molecule has 0 aliphatic carbocycles. The Bertz CT molecular complexity index is 455. The summed E-state index contributed by atoms with van der Waals surface area (Å²) in [5.74, 6) is 0. The molecule has 0 atom stereocenters. The van der Waals surface area contributed by atoms with E-state index < -0.39 is 0 Å². The zero-order valence-corrected chi connectivity index (χ0v) is 10.6. The van der Waals surface area contributed by atoms with Gasteiger partial charge in [0, 0.05) is 9.50 Å². The van der Waals surface area contributed by atoms with Crippen molar-refractivity contribution in [2.24, 2.45) is 0 Å². The molecule has 1 heterocycles. The summed E-state index contributed by atoms with van der Waals surface area (Å²) in [6.45, 7) is 0. The fourth-order valence-electron chi connectivity index (χ4n) is 1.02. The Morgan fingerprint density at radius 2 is 2.31 bits per heavy atom. The first kappa shape index (κ1) is 9.77.